The van der Waals surface area contributed by atoms with E-state index < -0.39 is 0 Å². The maximum absolute atomic E-state index is 12.3. The minimum atomic E-state index is 0.212. The summed E-state index contributed by atoms with van der Waals surface area (Å²) < 4.78 is 1.28. The number of para-hydroxylation sites is 1. The normalized spacial score (nSPS) is 21.3. The maximum atomic E-state index is 12.3. The van der Waals surface area contributed by atoms with Gasteiger partial charge in [-0.25, -0.2) is 4.98 Å². The molecule has 1 atom stereocenters. The van der Waals surface area contributed by atoms with Gasteiger partial charge in [-0.3, -0.25) is 4.79 Å². The molecule has 5 nitrogen and oxygen atoms in total. The lowest BCUT2D eigenvalue weighted by Gasteiger charge is -2.29. The Morgan fingerprint density at radius 3 is 2.67 bits per heavy atom. The number of hydrogen-bond donors (Lipinski definition) is 3. The molecule has 2 aromatic rings. The van der Waals surface area contributed by atoms with Crippen molar-refractivity contribution in [2.24, 2.45) is 0 Å². The van der Waals surface area contributed by atoms with Crippen LogP contribution in [0, 0.1) is 0 Å². The number of amides is 1. The highest BCUT2D eigenvalue weighted by atomic mass is 32.1. The highest BCUT2D eigenvalue weighted by molar-refractivity contribution is 7.18. The highest BCUT2D eigenvalue weighted by Gasteiger charge is 2.26. The predicted molar refractivity (Wildman–Crippen MR) is 111 cm³/mol. The number of carbonyl (C=O) groups is 1. The number of carbonyl (C=O) groups excluding carboxylic acids is 1. The van der Waals surface area contributed by atoms with E-state index >= 15 is 0 Å². The van der Waals surface area contributed by atoms with Crippen LogP contribution in [0.1, 0.15) is 44.5 Å². The van der Waals surface area contributed by atoms with Gasteiger partial charge in [-0.05, 0) is 25.5 Å². The zero-order chi connectivity index (χ0) is 19.1. The Kier molecular flexibility index (Phi) is 7.61. The van der Waals surface area contributed by atoms with Crippen molar-refractivity contribution in [3.63, 3.8) is 0 Å². The lowest BCUT2D eigenvalue weighted by atomic mass is 10.1. The van der Waals surface area contributed by atoms with E-state index in [0.29, 0.717) is 12.6 Å². The number of hydrogen-bond acceptors (Lipinski definition) is 3. The molecule has 27 heavy (non-hydrogen) atoms. The van der Waals surface area contributed by atoms with Gasteiger partial charge in [0.15, 0.2) is 6.54 Å². The van der Waals surface area contributed by atoms with E-state index in [1.165, 1.54) is 33.9 Å². The van der Waals surface area contributed by atoms with E-state index in [2.05, 4.69) is 43.4 Å². The Morgan fingerprint density at radius 2 is 1.93 bits per heavy atom. The van der Waals surface area contributed by atoms with Crippen molar-refractivity contribution < 1.29 is 14.6 Å². The molecule has 0 bridgehead atoms. The maximum Gasteiger partial charge on any atom is 0.275 e. The van der Waals surface area contributed by atoms with Crippen LogP contribution in [0.4, 0.5) is 0 Å². The number of piperazine rings is 1. The fourth-order valence-corrected chi connectivity index (χ4v) is 4.88. The van der Waals surface area contributed by atoms with Crippen molar-refractivity contribution in [3.05, 3.63) is 29.3 Å². The van der Waals surface area contributed by atoms with Crippen LogP contribution in [-0.4, -0.2) is 49.7 Å². The fraction of sp³-hybridized carbons (Fsp3) is 0.619. The van der Waals surface area contributed by atoms with E-state index in [-0.39, 0.29) is 5.91 Å². The van der Waals surface area contributed by atoms with Crippen LogP contribution in [-0.2, 0) is 11.3 Å². The third-order valence-corrected chi connectivity index (χ3v) is 6.50. The van der Waals surface area contributed by atoms with Crippen molar-refractivity contribution >= 4 is 27.5 Å². The fourth-order valence-electron chi connectivity index (χ4n) is 3.85. The first kappa shape index (κ1) is 20.2. The van der Waals surface area contributed by atoms with E-state index in [9.17, 15) is 4.79 Å². The molecule has 0 radical (unpaired) electrons. The van der Waals surface area contributed by atoms with E-state index in [1.54, 1.807) is 4.90 Å². The topological polar surface area (TPSA) is 50.9 Å². The van der Waals surface area contributed by atoms with E-state index in [0.717, 1.165) is 44.7 Å². The van der Waals surface area contributed by atoms with E-state index in [1.807, 2.05) is 11.3 Å². The number of aromatic nitrogens is 1. The number of nitrogens with one attached hydrogen (secondary N) is 3. The molecule has 1 aromatic carbocycles. The highest BCUT2D eigenvalue weighted by Crippen LogP contribution is 2.20. The largest absolute Gasteiger partial charge is 0.349 e. The van der Waals surface area contributed by atoms with Gasteiger partial charge in [0.25, 0.3) is 5.91 Å². The molecule has 1 aliphatic rings. The average molecular weight is 391 g/mol. The molecule has 1 saturated heterocycles. The molecule has 6 heteroatoms. The Hall–Kier alpha value is -1.50. The minimum Gasteiger partial charge on any atom is -0.349 e. The van der Waals surface area contributed by atoms with Crippen molar-refractivity contribution in [3.8, 4) is 0 Å². The van der Waals surface area contributed by atoms with Gasteiger partial charge in [-0.1, -0.05) is 38.3 Å². The summed E-state index contributed by atoms with van der Waals surface area (Å²) in [6.45, 7) is 10.3. The van der Waals surface area contributed by atoms with Gasteiger partial charge in [-0.15, -0.1) is 11.3 Å². The standard InChI is InChI=1S/C21H32N4OS/c1-3-4-5-8-17(2)22-20(26)15-24-11-13-25(14-12-24)16-21-23-18-9-6-7-10-19(18)27-21/h6-7,9-10,17H,3-5,8,11-16H2,1-2H3,(H,22,26)/p+2/t17-/m0/s1. The van der Waals surface area contributed by atoms with E-state index in [4.69, 9.17) is 4.98 Å². The molecule has 0 aliphatic carbocycles. The molecule has 0 spiro atoms. The minimum absolute atomic E-state index is 0.212. The van der Waals surface area contributed by atoms with Crippen molar-refractivity contribution in [1.29, 1.82) is 0 Å². The van der Waals surface area contributed by atoms with Gasteiger partial charge in [0, 0.05) is 6.04 Å². The molecular weight excluding hydrogens is 356 g/mol. The number of rotatable bonds is 9. The Morgan fingerprint density at radius 1 is 1.19 bits per heavy atom. The first-order valence-electron chi connectivity index (χ1n) is 10.4. The molecule has 2 heterocycles. The molecule has 1 fully saturated rings. The Labute approximate surface area is 166 Å². The first-order chi connectivity index (χ1) is 13.1. The van der Waals surface area contributed by atoms with Crippen LogP contribution in [0.2, 0.25) is 0 Å². The molecule has 3 N–H and O–H groups in total. The third kappa shape index (κ3) is 6.26. The van der Waals surface area contributed by atoms with Crippen molar-refractivity contribution in [2.75, 3.05) is 32.7 Å². The third-order valence-electron chi connectivity index (χ3n) is 5.46. The molecule has 1 aliphatic heterocycles. The number of thiazole rings is 1. The molecule has 3 rings (SSSR count). The number of nitrogens with zero attached hydrogens (tertiary/aromatic N) is 1. The van der Waals surface area contributed by atoms with Crippen LogP contribution in [0.3, 0.4) is 0 Å². The smallest absolute Gasteiger partial charge is 0.275 e. The summed E-state index contributed by atoms with van der Waals surface area (Å²) in [6.07, 6.45) is 4.78. The van der Waals surface area contributed by atoms with Gasteiger partial charge in [0.2, 0.25) is 0 Å². The molecular formula is C21H34N4OS+2. The molecule has 148 valence electrons. The second-order valence-electron chi connectivity index (χ2n) is 7.89. The Bertz CT molecular complexity index is 691. The number of fused-ring (bicyclic) bond motifs is 1. The molecule has 0 unspecified atom stereocenters. The monoisotopic (exact) mass is 390 g/mol. The van der Waals surface area contributed by atoms with Gasteiger partial charge < -0.3 is 15.1 Å². The second-order valence-corrected chi connectivity index (χ2v) is 9.01. The lowest BCUT2D eigenvalue weighted by Crippen LogP contribution is -3.28. The van der Waals surface area contributed by atoms with Gasteiger partial charge in [0.1, 0.15) is 37.7 Å². The van der Waals surface area contributed by atoms with Crippen LogP contribution >= 0.6 is 11.3 Å². The summed E-state index contributed by atoms with van der Waals surface area (Å²) in [4.78, 5) is 20.1. The zero-order valence-corrected chi connectivity index (χ0v) is 17.5. The van der Waals surface area contributed by atoms with Crippen LogP contribution in [0.25, 0.3) is 10.2 Å². The van der Waals surface area contributed by atoms with Gasteiger partial charge in [0.05, 0.1) is 10.2 Å². The second kappa shape index (κ2) is 10.2. The van der Waals surface area contributed by atoms with Crippen molar-refractivity contribution in [1.82, 2.24) is 10.3 Å². The number of benzene rings is 1. The summed E-state index contributed by atoms with van der Waals surface area (Å²) in [6, 6.07) is 8.67. The van der Waals surface area contributed by atoms with Crippen molar-refractivity contribution in [2.45, 2.75) is 52.1 Å². The summed E-state index contributed by atoms with van der Waals surface area (Å²) in [5.41, 5.74) is 1.12. The van der Waals surface area contributed by atoms with Crippen LogP contribution < -0.4 is 15.1 Å². The average Bonchev–Trinajstić information content (AvgIpc) is 3.05. The first-order valence-corrected chi connectivity index (χ1v) is 11.3. The summed E-state index contributed by atoms with van der Waals surface area (Å²) in [7, 11) is 0. The van der Waals surface area contributed by atoms with Crippen LogP contribution in [0.15, 0.2) is 24.3 Å². The molecule has 1 aromatic heterocycles. The SMILES string of the molecule is CCCCC[C@H](C)NC(=O)C[NH+]1CC[NH+](Cc2nc3ccccc3s2)CC1. The summed E-state index contributed by atoms with van der Waals surface area (Å²) in [5, 5.41) is 4.41. The molecule has 1 amide bonds. The zero-order valence-electron chi connectivity index (χ0n) is 16.7. The quantitative estimate of drug-likeness (QED) is 0.551. The van der Waals surface area contributed by atoms with Gasteiger partial charge in [-0.2, -0.15) is 0 Å². The lowest BCUT2D eigenvalue weighted by molar-refractivity contribution is -1.02. The summed E-state index contributed by atoms with van der Waals surface area (Å²) in [5.74, 6) is 0.212. The van der Waals surface area contributed by atoms with Gasteiger partial charge >= 0.3 is 0 Å². The summed E-state index contributed by atoms with van der Waals surface area (Å²) >= 11 is 1.81. The number of quaternary nitrogens is 2. The predicted octanol–water partition coefficient (Wildman–Crippen LogP) is 0.665. The number of unbranched alkanes of at least 4 members (excludes halogenated alkanes) is 2. The molecule has 0 saturated carbocycles. The Balaban J connectivity index is 1.37. The van der Waals surface area contributed by atoms with Crippen LogP contribution in [0.5, 0.6) is 0 Å².